The molecule has 0 atom stereocenters. The zero-order valence-electron chi connectivity index (χ0n) is 11.8. The van der Waals surface area contributed by atoms with Crippen molar-refractivity contribution in [1.82, 2.24) is 10.2 Å². The SMILES string of the molecule is C=CCCCN(C)C(=NC)NCCc1ccco1.I. The number of rotatable bonds is 7. The van der Waals surface area contributed by atoms with Gasteiger partial charge in [0.05, 0.1) is 6.26 Å². The van der Waals surface area contributed by atoms with E-state index >= 15 is 0 Å². The van der Waals surface area contributed by atoms with Crippen molar-refractivity contribution < 1.29 is 4.42 Å². The van der Waals surface area contributed by atoms with E-state index in [4.69, 9.17) is 4.42 Å². The summed E-state index contributed by atoms with van der Waals surface area (Å²) in [6.45, 7) is 5.53. The number of nitrogens with zero attached hydrogens (tertiary/aromatic N) is 2. The summed E-state index contributed by atoms with van der Waals surface area (Å²) >= 11 is 0. The van der Waals surface area contributed by atoms with Gasteiger partial charge in [-0.3, -0.25) is 4.99 Å². The van der Waals surface area contributed by atoms with Crippen LogP contribution in [0, 0.1) is 0 Å². The van der Waals surface area contributed by atoms with Crippen LogP contribution < -0.4 is 5.32 Å². The van der Waals surface area contributed by atoms with Crippen LogP contribution in [-0.2, 0) is 6.42 Å². The Labute approximate surface area is 133 Å². The third kappa shape index (κ3) is 7.25. The molecule has 0 unspecified atom stereocenters. The second kappa shape index (κ2) is 10.9. The van der Waals surface area contributed by atoms with Gasteiger partial charge < -0.3 is 14.6 Å². The lowest BCUT2D eigenvalue weighted by Crippen LogP contribution is -2.40. The smallest absolute Gasteiger partial charge is 0.193 e. The first-order valence-corrected chi connectivity index (χ1v) is 6.33. The molecular weight excluding hydrogens is 353 g/mol. The highest BCUT2D eigenvalue weighted by Gasteiger charge is 2.04. The molecule has 0 fully saturated rings. The largest absolute Gasteiger partial charge is 0.469 e. The first kappa shape index (κ1) is 18.0. The van der Waals surface area contributed by atoms with Gasteiger partial charge in [0.15, 0.2) is 5.96 Å². The maximum absolute atomic E-state index is 5.28. The van der Waals surface area contributed by atoms with E-state index < -0.39 is 0 Å². The van der Waals surface area contributed by atoms with E-state index in [0.29, 0.717) is 0 Å². The monoisotopic (exact) mass is 377 g/mol. The quantitative estimate of drug-likeness (QED) is 0.261. The van der Waals surface area contributed by atoms with Crippen LogP contribution >= 0.6 is 24.0 Å². The first-order valence-electron chi connectivity index (χ1n) is 6.33. The summed E-state index contributed by atoms with van der Waals surface area (Å²) in [4.78, 5) is 6.39. The molecule has 1 aromatic rings. The van der Waals surface area contributed by atoms with Gasteiger partial charge in [-0.05, 0) is 25.0 Å². The first-order chi connectivity index (χ1) is 8.77. The molecule has 0 spiro atoms. The van der Waals surface area contributed by atoms with Crippen molar-refractivity contribution in [2.75, 3.05) is 27.2 Å². The molecule has 0 aliphatic rings. The Balaban J connectivity index is 0.00000324. The molecule has 0 aromatic carbocycles. The van der Waals surface area contributed by atoms with E-state index in [0.717, 1.165) is 44.1 Å². The summed E-state index contributed by atoms with van der Waals surface area (Å²) in [7, 11) is 3.85. The van der Waals surface area contributed by atoms with Gasteiger partial charge in [0.1, 0.15) is 5.76 Å². The fraction of sp³-hybridized carbons (Fsp3) is 0.500. The molecule has 19 heavy (non-hydrogen) atoms. The Morgan fingerprint density at radius 1 is 1.58 bits per heavy atom. The second-order valence-corrected chi connectivity index (χ2v) is 4.16. The Bertz CT molecular complexity index is 363. The second-order valence-electron chi connectivity index (χ2n) is 4.16. The van der Waals surface area contributed by atoms with Crippen LogP contribution in [0.15, 0.2) is 40.5 Å². The van der Waals surface area contributed by atoms with Gasteiger partial charge in [0.2, 0.25) is 0 Å². The number of nitrogens with one attached hydrogen (secondary N) is 1. The van der Waals surface area contributed by atoms with Gasteiger partial charge in [-0.25, -0.2) is 0 Å². The minimum atomic E-state index is 0. The molecule has 0 saturated carbocycles. The number of hydrogen-bond donors (Lipinski definition) is 1. The van der Waals surface area contributed by atoms with E-state index in [1.165, 1.54) is 0 Å². The molecule has 1 N–H and O–H groups in total. The Morgan fingerprint density at radius 2 is 2.37 bits per heavy atom. The van der Waals surface area contributed by atoms with Gasteiger partial charge >= 0.3 is 0 Å². The standard InChI is InChI=1S/C14H23N3O.HI/c1-4-5-6-11-17(3)14(15-2)16-10-9-13-8-7-12-18-13;/h4,7-8,12H,1,5-6,9-11H2,2-3H3,(H,15,16);1H. The highest BCUT2D eigenvalue weighted by molar-refractivity contribution is 14.0. The van der Waals surface area contributed by atoms with Crippen molar-refractivity contribution in [3.63, 3.8) is 0 Å². The molecule has 0 bridgehead atoms. The number of allylic oxidation sites excluding steroid dienone is 1. The third-order valence-electron chi connectivity index (χ3n) is 2.71. The number of halogens is 1. The summed E-state index contributed by atoms with van der Waals surface area (Å²) in [5.74, 6) is 1.91. The van der Waals surface area contributed by atoms with Crippen LogP contribution in [0.5, 0.6) is 0 Å². The number of aliphatic imine (C=N–C) groups is 1. The average Bonchev–Trinajstić information content (AvgIpc) is 2.88. The van der Waals surface area contributed by atoms with Gasteiger partial charge in [0.25, 0.3) is 0 Å². The van der Waals surface area contributed by atoms with E-state index in [1.54, 1.807) is 13.3 Å². The summed E-state index contributed by atoms with van der Waals surface area (Å²) < 4.78 is 5.28. The van der Waals surface area contributed by atoms with E-state index in [9.17, 15) is 0 Å². The molecular formula is C14H24IN3O. The number of guanidine groups is 1. The summed E-state index contributed by atoms with van der Waals surface area (Å²) in [5.41, 5.74) is 0. The minimum Gasteiger partial charge on any atom is -0.469 e. The molecule has 1 aromatic heterocycles. The van der Waals surface area contributed by atoms with E-state index in [2.05, 4.69) is 21.8 Å². The van der Waals surface area contributed by atoms with Crippen molar-refractivity contribution in [2.45, 2.75) is 19.3 Å². The van der Waals surface area contributed by atoms with Crippen molar-refractivity contribution >= 4 is 29.9 Å². The van der Waals surface area contributed by atoms with Crippen LogP contribution in [0.1, 0.15) is 18.6 Å². The normalized spacial score (nSPS) is 10.7. The molecule has 5 heteroatoms. The molecule has 1 rings (SSSR count). The summed E-state index contributed by atoms with van der Waals surface area (Å²) in [5, 5.41) is 3.32. The van der Waals surface area contributed by atoms with Crippen LogP contribution in [0.4, 0.5) is 0 Å². The van der Waals surface area contributed by atoms with Crippen molar-refractivity contribution in [3.05, 3.63) is 36.8 Å². The third-order valence-corrected chi connectivity index (χ3v) is 2.71. The average molecular weight is 377 g/mol. The Hall–Kier alpha value is -0.980. The highest BCUT2D eigenvalue weighted by Crippen LogP contribution is 2.00. The molecule has 0 saturated heterocycles. The summed E-state index contributed by atoms with van der Waals surface area (Å²) in [6.07, 6.45) is 6.64. The van der Waals surface area contributed by atoms with Crippen LogP contribution in [0.25, 0.3) is 0 Å². The van der Waals surface area contributed by atoms with Gasteiger partial charge in [-0.15, -0.1) is 30.6 Å². The predicted octanol–water partition coefficient (Wildman–Crippen LogP) is 2.91. The van der Waals surface area contributed by atoms with Crippen LogP contribution in [-0.4, -0.2) is 38.0 Å². The minimum absolute atomic E-state index is 0. The van der Waals surface area contributed by atoms with Gasteiger partial charge in [-0.1, -0.05) is 6.08 Å². The zero-order valence-corrected chi connectivity index (χ0v) is 14.1. The molecule has 1 heterocycles. The molecule has 0 aliphatic heterocycles. The Morgan fingerprint density at radius 3 is 2.95 bits per heavy atom. The summed E-state index contributed by atoms with van der Waals surface area (Å²) in [6, 6.07) is 3.89. The van der Waals surface area contributed by atoms with Gasteiger partial charge in [-0.2, -0.15) is 0 Å². The van der Waals surface area contributed by atoms with E-state index in [1.807, 2.05) is 25.3 Å². The topological polar surface area (TPSA) is 40.8 Å². The fourth-order valence-corrected chi connectivity index (χ4v) is 1.72. The zero-order chi connectivity index (χ0) is 13.2. The van der Waals surface area contributed by atoms with E-state index in [-0.39, 0.29) is 24.0 Å². The fourth-order valence-electron chi connectivity index (χ4n) is 1.72. The lowest BCUT2D eigenvalue weighted by Gasteiger charge is -2.21. The Kier molecular flexibility index (Phi) is 10.3. The highest BCUT2D eigenvalue weighted by atomic mass is 127. The van der Waals surface area contributed by atoms with Crippen molar-refractivity contribution in [3.8, 4) is 0 Å². The van der Waals surface area contributed by atoms with Crippen LogP contribution in [0.3, 0.4) is 0 Å². The van der Waals surface area contributed by atoms with Crippen LogP contribution in [0.2, 0.25) is 0 Å². The molecule has 4 nitrogen and oxygen atoms in total. The maximum Gasteiger partial charge on any atom is 0.193 e. The maximum atomic E-state index is 5.28. The number of unbranched alkanes of at least 4 members (excludes halogenated alkanes) is 1. The molecule has 108 valence electrons. The molecule has 0 radical (unpaired) electrons. The molecule has 0 aliphatic carbocycles. The number of hydrogen-bond acceptors (Lipinski definition) is 2. The van der Waals surface area contributed by atoms with Gasteiger partial charge in [0, 0.05) is 33.6 Å². The predicted molar refractivity (Wildman–Crippen MR) is 91.2 cm³/mol. The van der Waals surface area contributed by atoms with Crippen molar-refractivity contribution in [2.24, 2.45) is 4.99 Å². The lowest BCUT2D eigenvalue weighted by molar-refractivity contribution is 0.464. The lowest BCUT2D eigenvalue weighted by atomic mass is 10.3. The number of furan rings is 1. The molecule has 0 amide bonds. The van der Waals surface area contributed by atoms with Crippen molar-refractivity contribution in [1.29, 1.82) is 0 Å².